The SMILES string of the molecule is CC(=O)Oc1ccc(N2CCCCC2)cc1C(=O)Nc1cc(Br)ccc1C(=O)O. The molecule has 1 aliphatic heterocycles. The number of esters is 1. The lowest BCUT2D eigenvalue weighted by Gasteiger charge is -2.29. The molecule has 7 nitrogen and oxygen atoms in total. The van der Waals surface area contributed by atoms with Crippen LogP contribution < -0.4 is 15.0 Å². The molecule has 0 aromatic heterocycles. The number of piperidine rings is 1. The van der Waals surface area contributed by atoms with Crippen LogP contribution >= 0.6 is 15.9 Å². The zero-order chi connectivity index (χ0) is 21.0. The smallest absolute Gasteiger partial charge is 0.337 e. The van der Waals surface area contributed by atoms with Crippen LogP contribution in [0.5, 0.6) is 5.75 Å². The molecule has 1 amide bonds. The number of amides is 1. The maximum absolute atomic E-state index is 13.0. The molecule has 8 heteroatoms. The second-order valence-electron chi connectivity index (χ2n) is 6.77. The quantitative estimate of drug-likeness (QED) is 0.509. The number of nitrogens with zero attached hydrogens (tertiary/aromatic N) is 1. The number of benzene rings is 2. The van der Waals surface area contributed by atoms with Crippen molar-refractivity contribution in [1.29, 1.82) is 0 Å². The van der Waals surface area contributed by atoms with E-state index in [0.717, 1.165) is 31.6 Å². The minimum atomic E-state index is -1.16. The molecule has 3 rings (SSSR count). The van der Waals surface area contributed by atoms with Crippen LogP contribution in [0.1, 0.15) is 46.9 Å². The van der Waals surface area contributed by atoms with Gasteiger partial charge in [-0.15, -0.1) is 0 Å². The predicted octanol–water partition coefficient (Wildman–Crippen LogP) is 4.32. The second-order valence-corrected chi connectivity index (χ2v) is 7.69. The summed E-state index contributed by atoms with van der Waals surface area (Å²) < 4.78 is 5.83. The molecule has 0 bridgehead atoms. The van der Waals surface area contributed by atoms with Gasteiger partial charge in [0.05, 0.1) is 16.8 Å². The average molecular weight is 461 g/mol. The van der Waals surface area contributed by atoms with Gasteiger partial charge in [-0.3, -0.25) is 9.59 Å². The number of anilines is 2. The Morgan fingerprint density at radius 3 is 2.41 bits per heavy atom. The third kappa shape index (κ3) is 5.14. The van der Waals surface area contributed by atoms with Gasteiger partial charge in [-0.05, 0) is 55.7 Å². The standard InChI is InChI=1S/C21H21BrN2O5/c1-13(25)29-19-8-6-15(24-9-3-2-4-10-24)12-17(19)20(26)23-18-11-14(22)5-7-16(18)21(27)28/h5-8,11-12H,2-4,9-10H2,1H3,(H,23,26)(H,27,28). The summed E-state index contributed by atoms with van der Waals surface area (Å²) in [6, 6.07) is 9.60. The van der Waals surface area contributed by atoms with E-state index in [9.17, 15) is 19.5 Å². The summed E-state index contributed by atoms with van der Waals surface area (Å²) in [4.78, 5) is 38.1. The first-order chi connectivity index (χ1) is 13.8. The number of halogens is 1. The van der Waals surface area contributed by atoms with Gasteiger partial charge >= 0.3 is 11.9 Å². The van der Waals surface area contributed by atoms with Gasteiger partial charge in [0.15, 0.2) is 0 Å². The zero-order valence-corrected chi connectivity index (χ0v) is 17.5. The summed E-state index contributed by atoms with van der Waals surface area (Å²) in [6.45, 7) is 3.04. The van der Waals surface area contributed by atoms with Crippen molar-refractivity contribution in [2.75, 3.05) is 23.3 Å². The molecular weight excluding hydrogens is 440 g/mol. The fourth-order valence-corrected chi connectivity index (χ4v) is 3.65. The molecule has 1 fully saturated rings. The van der Waals surface area contributed by atoms with Gasteiger partial charge in [0.25, 0.3) is 5.91 Å². The van der Waals surface area contributed by atoms with E-state index in [-0.39, 0.29) is 22.6 Å². The summed E-state index contributed by atoms with van der Waals surface area (Å²) in [6.07, 6.45) is 3.33. The lowest BCUT2D eigenvalue weighted by Crippen LogP contribution is -2.29. The topological polar surface area (TPSA) is 95.9 Å². The van der Waals surface area contributed by atoms with E-state index in [4.69, 9.17) is 4.74 Å². The van der Waals surface area contributed by atoms with Crippen LogP contribution in [0.25, 0.3) is 0 Å². The van der Waals surface area contributed by atoms with E-state index in [1.54, 1.807) is 18.2 Å². The third-order valence-electron chi connectivity index (χ3n) is 4.64. The Hall–Kier alpha value is -2.87. The molecule has 152 valence electrons. The largest absolute Gasteiger partial charge is 0.478 e. The number of carbonyl (C=O) groups excluding carboxylic acids is 2. The predicted molar refractivity (Wildman–Crippen MR) is 113 cm³/mol. The molecule has 0 unspecified atom stereocenters. The Kier molecular flexibility index (Phi) is 6.53. The van der Waals surface area contributed by atoms with Crippen LogP contribution in [-0.2, 0) is 4.79 Å². The molecule has 0 spiro atoms. The molecule has 0 saturated carbocycles. The third-order valence-corrected chi connectivity index (χ3v) is 5.14. The Bertz CT molecular complexity index is 954. The van der Waals surface area contributed by atoms with Gasteiger partial charge in [0, 0.05) is 30.2 Å². The summed E-state index contributed by atoms with van der Waals surface area (Å²) in [5.41, 5.74) is 1.13. The monoisotopic (exact) mass is 460 g/mol. The lowest BCUT2D eigenvalue weighted by atomic mass is 10.1. The maximum Gasteiger partial charge on any atom is 0.337 e. The fourth-order valence-electron chi connectivity index (χ4n) is 3.28. The van der Waals surface area contributed by atoms with Crippen LogP contribution in [-0.4, -0.2) is 36.0 Å². The number of aromatic carboxylic acids is 1. The Morgan fingerprint density at radius 1 is 1.03 bits per heavy atom. The highest BCUT2D eigenvalue weighted by atomic mass is 79.9. The van der Waals surface area contributed by atoms with Crippen LogP contribution in [0.3, 0.4) is 0 Å². The number of hydrogen-bond donors (Lipinski definition) is 2. The summed E-state index contributed by atoms with van der Waals surface area (Å²) >= 11 is 3.28. The van der Waals surface area contributed by atoms with Crippen LogP contribution in [0, 0.1) is 0 Å². The maximum atomic E-state index is 13.0. The van der Waals surface area contributed by atoms with Gasteiger partial charge in [0.1, 0.15) is 5.75 Å². The number of carboxylic acids is 1. The molecule has 0 aliphatic carbocycles. The van der Waals surface area contributed by atoms with Crippen molar-refractivity contribution in [2.24, 2.45) is 0 Å². The molecule has 1 aliphatic rings. The zero-order valence-electron chi connectivity index (χ0n) is 15.9. The van der Waals surface area contributed by atoms with Gasteiger partial charge in [0.2, 0.25) is 0 Å². The number of hydrogen-bond acceptors (Lipinski definition) is 5. The molecule has 2 N–H and O–H groups in total. The van der Waals surface area contributed by atoms with Crippen molar-refractivity contribution in [2.45, 2.75) is 26.2 Å². The first-order valence-corrected chi connectivity index (χ1v) is 10.1. The van der Waals surface area contributed by atoms with Crippen LogP contribution in [0.2, 0.25) is 0 Å². The van der Waals surface area contributed by atoms with E-state index in [1.165, 1.54) is 25.5 Å². The highest BCUT2D eigenvalue weighted by Crippen LogP contribution is 2.29. The van der Waals surface area contributed by atoms with Crippen molar-refractivity contribution in [3.8, 4) is 5.75 Å². The Morgan fingerprint density at radius 2 is 1.76 bits per heavy atom. The molecule has 1 heterocycles. The molecule has 2 aromatic carbocycles. The summed E-state index contributed by atoms with van der Waals surface area (Å²) in [5, 5.41) is 12.0. The summed E-state index contributed by atoms with van der Waals surface area (Å²) in [7, 11) is 0. The molecule has 0 radical (unpaired) electrons. The van der Waals surface area contributed by atoms with Gasteiger partial charge in [-0.1, -0.05) is 15.9 Å². The summed E-state index contributed by atoms with van der Waals surface area (Å²) in [5.74, 6) is -2.13. The van der Waals surface area contributed by atoms with E-state index >= 15 is 0 Å². The highest BCUT2D eigenvalue weighted by molar-refractivity contribution is 9.10. The Labute approximate surface area is 176 Å². The van der Waals surface area contributed by atoms with Crippen molar-refractivity contribution in [3.05, 3.63) is 52.0 Å². The lowest BCUT2D eigenvalue weighted by molar-refractivity contribution is -0.131. The Balaban J connectivity index is 1.96. The number of carboxylic acid groups (broad SMARTS) is 1. The number of ether oxygens (including phenoxy) is 1. The number of carbonyl (C=O) groups is 3. The fraction of sp³-hybridized carbons (Fsp3) is 0.286. The number of rotatable bonds is 5. The van der Waals surface area contributed by atoms with Crippen LogP contribution in [0.4, 0.5) is 11.4 Å². The molecule has 29 heavy (non-hydrogen) atoms. The second kappa shape index (κ2) is 9.09. The van der Waals surface area contributed by atoms with E-state index < -0.39 is 17.8 Å². The highest BCUT2D eigenvalue weighted by Gasteiger charge is 2.20. The van der Waals surface area contributed by atoms with Crippen molar-refractivity contribution in [1.82, 2.24) is 0 Å². The van der Waals surface area contributed by atoms with E-state index in [2.05, 4.69) is 26.1 Å². The number of nitrogens with one attached hydrogen (secondary N) is 1. The molecular formula is C21H21BrN2O5. The molecule has 1 saturated heterocycles. The van der Waals surface area contributed by atoms with Gasteiger partial charge in [-0.25, -0.2) is 4.79 Å². The van der Waals surface area contributed by atoms with Gasteiger partial charge < -0.3 is 20.1 Å². The van der Waals surface area contributed by atoms with E-state index in [1.807, 2.05) is 6.07 Å². The first kappa shape index (κ1) is 20.9. The van der Waals surface area contributed by atoms with Crippen LogP contribution in [0.15, 0.2) is 40.9 Å². The van der Waals surface area contributed by atoms with Crippen molar-refractivity contribution >= 4 is 45.2 Å². The van der Waals surface area contributed by atoms with Gasteiger partial charge in [-0.2, -0.15) is 0 Å². The molecule has 0 atom stereocenters. The molecule has 2 aromatic rings. The average Bonchev–Trinajstić information content (AvgIpc) is 2.68. The van der Waals surface area contributed by atoms with Crippen molar-refractivity contribution in [3.63, 3.8) is 0 Å². The van der Waals surface area contributed by atoms with E-state index in [0.29, 0.717) is 4.47 Å². The minimum Gasteiger partial charge on any atom is -0.478 e. The first-order valence-electron chi connectivity index (χ1n) is 9.27. The minimum absolute atomic E-state index is 0.0391. The normalized spacial score (nSPS) is 13.7. The van der Waals surface area contributed by atoms with Crippen molar-refractivity contribution < 1.29 is 24.2 Å².